The highest BCUT2D eigenvalue weighted by Crippen LogP contribution is 2.79. The van der Waals surface area contributed by atoms with Crippen LogP contribution >= 0.6 is 0 Å². The van der Waals surface area contributed by atoms with Gasteiger partial charge in [-0.3, -0.25) is 43.7 Å². The molecular weight excluding hydrogens is 1030 g/mol. The zero-order valence-corrected chi connectivity index (χ0v) is 43.7. The van der Waals surface area contributed by atoms with Crippen molar-refractivity contribution in [2.24, 2.45) is 39.4 Å². The molecule has 0 radical (unpaired) electrons. The second-order valence-electron chi connectivity index (χ2n) is 23.1. The number of benzene rings is 2. The molecule has 7 fully saturated rings. The molecular formula is C57H63N5O17. The van der Waals surface area contributed by atoms with Gasteiger partial charge in [-0.15, -0.1) is 0 Å². The number of hydrogen-bond donors (Lipinski definition) is 7. The number of anilines is 2. The average molecular weight is 1090 g/mol. The number of fused-ring (bicyclic) bond motifs is 7. The predicted octanol–water partition coefficient (Wildman–Crippen LogP) is 3.65. The van der Waals surface area contributed by atoms with Gasteiger partial charge in [0.2, 0.25) is 17.7 Å². The molecule has 0 spiro atoms. The Morgan fingerprint density at radius 2 is 1.61 bits per heavy atom. The molecule has 22 heteroatoms. The summed E-state index contributed by atoms with van der Waals surface area (Å²) in [5.74, 6) is -6.81. The fourth-order valence-corrected chi connectivity index (χ4v) is 14.8. The zero-order valence-electron chi connectivity index (χ0n) is 43.7. The minimum atomic E-state index is -1.39. The van der Waals surface area contributed by atoms with Crippen LogP contribution in [-0.2, 0) is 75.2 Å². The molecule has 0 unspecified atom stereocenters. The molecule has 2 bridgehead atoms. The van der Waals surface area contributed by atoms with E-state index in [2.05, 4.69) is 33.0 Å². The van der Waals surface area contributed by atoms with Gasteiger partial charge in [-0.2, -0.15) is 0 Å². The number of carboxylic acid groups (broad SMARTS) is 1. The van der Waals surface area contributed by atoms with Crippen LogP contribution in [0.4, 0.5) is 16.2 Å². The first kappa shape index (κ1) is 54.9. The molecule has 1 saturated heterocycles. The summed E-state index contributed by atoms with van der Waals surface area (Å²) in [5, 5.41) is 42.0. The lowest BCUT2D eigenvalue weighted by atomic mass is 9.33. The number of nitrogens with one attached hydrogen (secondary N) is 4. The number of Topliss-reactive ketones (excluding diaryl/α,β-unsaturated/α-hetero) is 1. The molecule has 2 aromatic carbocycles. The van der Waals surface area contributed by atoms with Gasteiger partial charge in [0.05, 0.1) is 25.2 Å². The third kappa shape index (κ3) is 10.2. The van der Waals surface area contributed by atoms with Gasteiger partial charge in [0.25, 0.3) is 11.8 Å². The lowest BCUT2D eigenvalue weighted by Gasteiger charge is -2.72. The summed E-state index contributed by atoms with van der Waals surface area (Å²) in [6, 6.07) is 12.4. The largest absolute Gasteiger partial charge is 0.481 e. The Balaban J connectivity index is 0.671. The first-order valence-corrected chi connectivity index (χ1v) is 26.7. The number of carbonyl (C=O) groups is 10. The average Bonchev–Trinajstić information content (AvgIpc) is 3.21. The Bertz CT molecular complexity index is 2970. The fourth-order valence-electron chi connectivity index (χ4n) is 14.8. The van der Waals surface area contributed by atoms with E-state index in [0.717, 1.165) is 61.8 Å². The third-order valence-corrected chi connectivity index (χ3v) is 18.1. The maximum atomic E-state index is 14.1. The highest BCUT2D eigenvalue weighted by atomic mass is 16.7. The molecule has 418 valence electrons. The maximum absolute atomic E-state index is 14.1. The molecule has 2 aromatic rings. The second kappa shape index (κ2) is 21.0. The number of aliphatic carboxylic acids is 1. The van der Waals surface area contributed by atoms with Crippen LogP contribution < -0.4 is 21.3 Å². The monoisotopic (exact) mass is 1090 g/mol. The van der Waals surface area contributed by atoms with Gasteiger partial charge in [-0.1, -0.05) is 54.8 Å². The molecule has 2 heterocycles. The van der Waals surface area contributed by atoms with Crippen molar-refractivity contribution < 1.29 is 82.3 Å². The summed E-state index contributed by atoms with van der Waals surface area (Å²) >= 11 is 0. The molecule has 22 nitrogen and oxygen atoms in total. The number of aliphatic hydroxyl groups is 2. The van der Waals surface area contributed by atoms with Crippen LogP contribution in [0.1, 0.15) is 95.6 Å². The molecule has 0 aromatic heterocycles. The number of carbonyl (C=O) groups excluding carboxylic acids is 9. The van der Waals surface area contributed by atoms with E-state index < -0.39 is 127 Å². The Labute approximate surface area is 453 Å². The molecule has 9 aliphatic rings. The number of imide groups is 1. The van der Waals surface area contributed by atoms with Crippen LogP contribution in [0, 0.1) is 39.4 Å². The second-order valence-corrected chi connectivity index (χ2v) is 23.1. The number of aliphatic hydroxyl groups excluding tert-OH is 2. The molecule has 7 N–H and O–H groups in total. The number of nitrogens with zero attached hydrogens (tertiary/aromatic N) is 1. The fraction of sp³-hybridized carbons (Fsp3) is 0.509. The highest BCUT2D eigenvalue weighted by molar-refractivity contribution is 6.12. The van der Waals surface area contributed by atoms with Crippen molar-refractivity contribution in [2.45, 2.75) is 128 Å². The van der Waals surface area contributed by atoms with E-state index in [0.29, 0.717) is 24.1 Å². The Kier molecular flexibility index (Phi) is 14.6. The minimum absolute atomic E-state index is 0.00821. The van der Waals surface area contributed by atoms with E-state index in [1.54, 1.807) is 30.4 Å². The van der Waals surface area contributed by atoms with Gasteiger partial charge in [-0.05, 0) is 123 Å². The number of amides is 6. The summed E-state index contributed by atoms with van der Waals surface area (Å²) in [4.78, 5) is 129. The van der Waals surface area contributed by atoms with Crippen LogP contribution in [0.2, 0.25) is 0 Å². The van der Waals surface area contributed by atoms with Gasteiger partial charge in [0.1, 0.15) is 19.3 Å². The van der Waals surface area contributed by atoms with E-state index in [9.17, 15) is 63.3 Å². The molecule has 7 aliphatic carbocycles. The van der Waals surface area contributed by atoms with E-state index in [4.69, 9.17) is 14.2 Å². The molecule has 6 amide bonds. The molecule has 79 heavy (non-hydrogen) atoms. The van der Waals surface area contributed by atoms with Crippen molar-refractivity contribution in [3.8, 4) is 0 Å². The van der Waals surface area contributed by atoms with Crippen LogP contribution in [0.3, 0.4) is 0 Å². The van der Waals surface area contributed by atoms with Crippen molar-refractivity contribution in [3.63, 3.8) is 0 Å². The van der Waals surface area contributed by atoms with Crippen LogP contribution in [-0.4, -0.2) is 123 Å². The minimum Gasteiger partial charge on any atom is -0.481 e. The number of ketones is 2. The Morgan fingerprint density at radius 3 is 2.32 bits per heavy atom. The maximum Gasteiger partial charge on any atom is 0.411 e. The van der Waals surface area contributed by atoms with Crippen LogP contribution in [0.5, 0.6) is 0 Å². The number of ether oxygens (including phenoxy) is 3. The highest BCUT2D eigenvalue weighted by Gasteiger charge is 2.80. The van der Waals surface area contributed by atoms with Crippen molar-refractivity contribution in [2.75, 3.05) is 23.8 Å². The van der Waals surface area contributed by atoms with Crippen molar-refractivity contribution >= 4 is 70.5 Å². The quantitative estimate of drug-likeness (QED) is 0.0931. The first-order valence-electron chi connectivity index (χ1n) is 26.7. The van der Waals surface area contributed by atoms with Crippen molar-refractivity contribution in [1.82, 2.24) is 15.7 Å². The van der Waals surface area contributed by atoms with Gasteiger partial charge >= 0.3 is 18.0 Å². The Hall–Kier alpha value is -7.40. The van der Waals surface area contributed by atoms with Gasteiger partial charge in [0.15, 0.2) is 23.5 Å². The van der Waals surface area contributed by atoms with E-state index in [1.165, 1.54) is 12.1 Å². The lowest BCUT2D eigenvalue weighted by molar-refractivity contribution is -0.323. The molecule has 11 rings (SSSR count). The normalized spacial score (nSPS) is 32.6. The predicted molar refractivity (Wildman–Crippen MR) is 274 cm³/mol. The summed E-state index contributed by atoms with van der Waals surface area (Å²) in [7, 11) is 0. The molecule has 6 saturated carbocycles. The van der Waals surface area contributed by atoms with E-state index in [1.807, 2.05) is 31.2 Å². The van der Waals surface area contributed by atoms with Gasteiger partial charge in [-0.25, -0.2) is 9.59 Å². The van der Waals surface area contributed by atoms with E-state index >= 15 is 0 Å². The standard InChI is InChI=1S/C57H63N5O17/c1-53-19-18-36(64)21-33(53)8-11-37-38-22-42-57(41(66)26-63,54(38,2)24-40(65)49(37)53)78-51(77-42)56-28-55(29-56,30-56)23-32-4-3-5-35(20-32)60-52(75)76-27-31-6-9-34(10-7-31)59-50(74)39(12-16-47(71)72)61-44(68)25-58-43(67)13-17-48(73)79-62-45(69)14-15-46(62)70/h3-7,9-10,14-15,18-21,37-40,42,49,51,63,65H,8,11-13,16-17,22-30H2,1-2H3,(H,58,67)(H,59,74)(H,60,75)(H,61,68)(H,71,72)/t37-,38-,39-,40-,42+,49+,51-,53-,54-,55?,56?,57+/m0/s1. The van der Waals surface area contributed by atoms with Crippen LogP contribution in [0.25, 0.3) is 0 Å². The zero-order chi connectivity index (χ0) is 56.2. The third-order valence-electron chi connectivity index (χ3n) is 18.1. The lowest BCUT2D eigenvalue weighted by Crippen LogP contribution is -2.69. The number of hydroxylamine groups is 2. The summed E-state index contributed by atoms with van der Waals surface area (Å²) in [6.45, 7) is 2.72. The number of hydrogen-bond acceptors (Lipinski definition) is 16. The van der Waals surface area contributed by atoms with Crippen molar-refractivity contribution in [3.05, 3.63) is 95.6 Å². The SMILES string of the molecule is C[C@]12C=CC(=O)C=C1CC[C@@H]1[C@@H]2[C@@H](O)C[C@@]2(C)[C@H]1C[C@H]1O[C@H](C34CC(Cc5cccc(NC(=O)OCc6ccc(NC(=O)[C@H](CCC(=O)O)NC(=O)CNC(=O)CCC(=O)ON7C(=O)C=CC7=O)cc6)c5)(C3)C4)O[C@]12C(=O)CO. The molecule has 2 aliphatic heterocycles. The topological polar surface area (TPSA) is 320 Å². The first-order chi connectivity index (χ1) is 37.6. The Morgan fingerprint density at radius 1 is 0.873 bits per heavy atom. The van der Waals surface area contributed by atoms with Crippen LogP contribution in [0.15, 0.2) is 84.5 Å². The summed E-state index contributed by atoms with van der Waals surface area (Å²) in [6.07, 6.45) is 8.32. The summed E-state index contributed by atoms with van der Waals surface area (Å²) < 4.78 is 19.3. The summed E-state index contributed by atoms with van der Waals surface area (Å²) in [5.41, 5.74) is 0.522. The van der Waals surface area contributed by atoms with E-state index in [-0.39, 0.29) is 58.1 Å². The number of allylic oxidation sites excluding steroid dienone is 4. The van der Waals surface area contributed by atoms with Gasteiger partial charge < -0.3 is 50.3 Å². The number of carboxylic acids is 1. The van der Waals surface area contributed by atoms with Gasteiger partial charge in [0, 0.05) is 58.5 Å². The molecule has 10 atom stereocenters. The smallest absolute Gasteiger partial charge is 0.411 e. The van der Waals surface area contributed by atoms with Crippen molar-refractivity contribution in [1.29, 1.82) is 0 Å². The number of rotatable bonds is 20.